The summed E-state index contributed by atoms with van der Waals surface area (Å²) in [6.07, 6.45) is 56.0. The third-order valence-corrected chi connectivity index (χ3v) is 11.2. The molecular weight excluding hydrogens is 733 g/mol. The van der Waals surface area contributed by atoms with Gasteiger partial charge in [0.15, 0.2) is 6.10 Å². The van der Waals surface area contributed by atoms with Gasteiger partial charge in [0.05, 0.1) is 0 Å². The van der Waals surface area contributed by atoms with Crippen LogP contribution in [0.5, 0.6) is 0 Å². The molecule has 344 valence electrons. The summed E-state index contributed by atoms with van der Waals surface area (Å²) in [7, 11) is 0. The third-order valence-electron chi connectivity index (χ3n) is 11.2. The van der Waals surface area contributed by atoms with Crippen LogP contribution in [0.1, 0.15) is 265 Å². The topological polar surface area (TPSA) is 78.9 Å². The van der Waals surface area contributed by atoms with E-state index in [4.69, 9.17) is 14.2 Å². The Bertz CT molecular complexity index is 1000. The first-order valence-corrected chi connectivity index (χ1v) is 25.5. The zero-order chi connectivity index (χ0) is 43.0. The van der Waals surface area contributed by atoms with Crippen LogP contribution in [-0.2, 0) is 28.6 Å². The molecule has 0 aliphatic rings. The lowest BCUT2D eigenvalue weighted by Gasteiger charge is -2.18. The molecule has 0 aliphatic heterocycles. The Morgan fingerprint density at radius 3 is 1.03 bits per heavy atom. The summed E-state index contributed by atoms with van der Waals surface area (Å²) in [5.74, 6) is -0.888. The Morgan fingerprint density at radius 2 is 0.661 bits per heavy atom. The summed E-state index contributed by atoms with van der Waals surface area (Å²) in [6.45, 7) is 6.46. The van der Waals surface area contributed by atoms with Gasteiger partial charge < -0.3 is 14.2 Å². The number of carbonyl (C=O) groups excluding carboxylic acids is 3. The molecule has 0 aliphatic carbocycles. The average molecular weight is 829 g/mol. The van der Waals surface area contributed by atoms with Gasteiger partial charge in [0.1, 0.15) is 13.2 Å². The molecule has 1 atom stereocenters. The highest BCUT2D eigenvalue weighted by Crippen LogP contribution is 2.16. The first kappa shape index (κ1) is 56.6. The molecule has 0 spiro atoms. The highest BCUT2D eigenvalue weighted by Gasteiger charge is 2.19. The molecule has 6 heteroatoms. The van der Waals surface area contributed by atoms with E-state index < -0.39 is 6.10 Å². The van der Waals surface area contributed by atoms with Crippen molar-refractivity contribution in [2.45, 2.75) is 271 Å². The second-order valence-corrected chi connectivity index (χ2v) is 17.1. The first-order chi connectivity index (χ1) is 29.0. The molecule has 0 heterocycles. The van der Waals surface area contributed by atoms with Crippen LogP contribution >= 0.6 is 0 Å². The predicted molar refractivity (Wildman–Crippen MR) is 252 cm³/mol. The van der Waals surface area contributed by atoms with Gasteiger partial charge in [0.2, 0.25) is 0 Å². The fourth-order valence-corrected chi connectivity index (χ4v) is 7.34. The molecular formula is C53H96O6. The lowest BCUT2D eigenvalue weighted by molar-refractivity contribution is -0.167. The molecule has 0 aromatic rings. The van der Waals surface area contributed by atoms with Gasteiger partial charge in [-0.05, 0) is 51.4 Å². The normalized spacial score (nSPS) is 12.3. The number of hydrogen-bond donors (Lipinski definition) is 0. The monoisotopic (exact) mass is 829 g/mol. The maximum Gasteiger partial charge on any atom is 0.306 e. The Kier molecular flexibility index (Phi) is 46.4. The van der Waals surface area contributed by atoms with Crippen molar-refractivity contribution in [3.05, 3.63) is 36.5 Å². The summed E-state index contributed by atoms with van der Waals surface area (Å²) in [6, 6.07) is 0. The van der Waals surface area contributed by atoms with Gasteiger partial charge in [-0.25, -0.2) is 0 Å². The number of ether oxygens (including phenoxy) is 3. The molecule has 0 saturated heterocycles. The van der Waals surface area contributed by atoms with E-state index >= 15 is 0 Å². The van der Waals surface area contributed by atoms with Crippen LogP contribution in [0.25, 0.3) is 0 Å². The summed E-state index contributed by atoms with van der Waals surface area (Å²) in [4.78, 5) is 37.6. The molecule has 59 heavy (non-hydrogen) atoms. The summed E-state index contributed by atoms with van der Waals surface area (Å²) in [5, 5.41) is 0. The Labute approximate surface area is 365 Å². The van der Waals surface area contributed by atoms with Crippen molar-refractivity contribution < 1.29 is 28.6 Å². The maximum absolute atomic E-state index is 12.7. The molecule has 0 N–H and O–H groups in total. The standard InChI is InChI=1S/C53H96O6/c1-4-7-10-13-15-17-19-21-23-25-26-28-29-31-33-35-37-40-43-46-52(55)58-49-50(48-57-51(54)45-42-39-12-9-6-3)59-53(56)47-44-41-38-36-34-32-30-27-24-22-20-18-16-14-11-8-5-2/h8,11,16,18,22,24,50H,4-7,9-10,12-15,17,19-21,23,25-49H2,1-3H3/b11-8-,18-16-,24-22-. The molecule has 0 aromatic heterocycles. The van der Waals surface area contributed by atoms with Crippen molar-refractivity contribution in [1.82, 2.24) is 0 Å². The van der Waals surface area contributed by atoms with E-state index in [0.717, 1.165) is 89.9 Å². The van der Waals surface area contributed by atoms with Gasteiger partial charge in [0.25, 0.3) is 0 Å². The number of carbonyl (C=O) groups is 3. The van der Waals surface area contributed by atoms with Crippen LogP contribution in [0.3, 0.4) is 0 Å². The minimum absolute atomic E-state index is 0.0734. The number of unbranched alkanes of at least 4 members (excludes halogenated alkanes) is 29. The van der Waals surface area contributed by atoms with Gasteiger partial charge >= 0.3 is 17.9 Å². The van der Waals surface area contributed by atoms with E-state index in [1.165, 1.54) is 135 Å². The van der Waals surface area contributed by atoms with Crippen LogP contribution in [0.4, 0.5) is 0 Å². The lowest BCUT2D eigenvalue weighted by atomic mass is 10.0. The smallest absolute Gasteiger partial charge is 0.306 e. The number of hydrogen-bond acceptors (Lipinski definition) is 6. The molecule has 1 unspecified atom stereocenters. The van der Waals surface area contributed by atoms with E-state index in [1.807, 2.05) is 0 Å². The molecule has 0 bridgehead atoms. The quantitative estimate of drug-likeness (QED) is 0.0263. The van der Waals surface area contributed by atoms with Crippen LogP contribution in [0.2, 0.25) is 0 Å². The minimum Gasteiger partial charge on any atom is -0.462 e. The Hall–Kier alpha value is -2.37. The molecule has 0 radical (unpaired) electrons. The molecule has 0 rings (SSSR count). The summed E-state index contributed by atoms with van der Waals surface area (Å²) >= 11 is 0. The molecule has 6 nitrogen and oxygen atoms in total. The Morgan fingerprint density at radius 1 is 0.356 bits per heavy atom. The van der Waals surface area contributed by atoms with Crippen molar-refractivity contribution in [1.29, 1.82) is 0 Å². The highest BCUT2D eigenvalue weighted by atomic mass is 16.6. The van der Waals surface area contributed by atoms with Crippen LogP contribution in [0.15, 0.2) is 36.5 Å². The van der Waals surface area contributed by atoms with Crippen molar-refractivity contribution in [3.63, 3.8) is 0 Å². The third kappa shape index (κ3) is 46.5. The number of esters is 3. The van der Waals surface area contributed by atoms with Gasteiger partial charge in [-0.3, -0.25) is 14.4 Å². The predicted octanol–water partition coefficient (Wildman–Crippen LogP) is 16.5. The number of rotatable bonds is 46. The van der Waals surface area contributed by atoms with E-state index in [-0.39, 0.29) is 31.1 Å². The molecule has 0 saturated carbocycles. The van der Waals surface area contributed by atoms with Crippen molar-refractivity contribution in [2.75, 3.05) is 13.2 Å². The van der Waals surface area contributed by atoms with Gasteiger partial charge in [-0.2, -0.15) is 0 Å². The fourth-order valence-electron chi connectivity index (χ4n) is 7.34. The van der Waals surface area contributed by atoms with Crippen LogP contribution in [-0.4, -0.2) is 37.2 Å². The minimum atomic E-state index is -0.770. The number of allylic oxidation sites excluding steroid dienone is 6. The first-order valence-electron chi connectivity index (χ1n) is 25.5. The SMILES string of the molecule is CC/C=C\C/C=C\C/C=C\CCCCCCCCCC(=O)OC(COC(=O)CCCCCCC)COC(=O)CCCCCCCCCCCCCCCCCCCCC. The van der Waals surface area contributed by atoms with E-state index in [2.05, 4.69) is 57.2 Å². The zero-order valence-electron chi connectivity index (χ0n) is 39.3. The molecule has 0 amide bonds. The van der Waals surface area contributed by atoms with Crippen molar-refractivity contribution in [2.24, 2.45) is 0 Å². The lowest BCUT2D eigenvalue weighted by Crippen LogP contribution is -2.30. The fraction of sp³-hybridized carbons (Fsp3) is 0.830. The zero-order valence-corrected chi connectivity index (χ0v) is 39.3. The van der Waals surface area contributed by atoms with Gasteiger partial charge in [-0.1, -0.05) is 231 Å². The maximum atomic E-state index is 12.7. The van der Waals surface area contributed by atoms with Crippen LogP contribution in [0, 0.1) is 0 Å². The summed E-state index contributed by atoms with van der Waals surface area (Å²) < 4.78 is 16.7. The largest absolute Gasteiger partial charge is 0.462 e. The molecule has 0 aromatic carbocycles. The second kappa shape index (κ2) is 48.3. The summed E-state index contributed by atoms with van der Waals surface area (Å²) in [5.41, 5.74) is 0. The highest BCUT2D eigenvalue weighted by molar-refractivity contribution is 5.71. The molecule has 0 fully saturated rings. The van der Waals surface area contributed by atoms with E-state index in [1.54, 1.807) is 0 Å². The van der Waals surface area contributed by atoms with Gasteiger partial charge in [-0.15, -0.1) is 0 Å². The second-order valence-electron chi connectivity index (χ2n) is 17.1. The van der Waals surface area contributed by atoms with E-state index in [0.29, 0.717) is 19.3 Å². The average Bonchev–Trinajstić information content (AvgIpc) is 3.23. The van der Waals surface area contributed by atoms with Crippen LogP contribution < -0.4 is 0 Å². The van der Waals surface area contributed by atoms with Crippen molar-refractivity contribution >= 4 is 17.9 Å². The Balaban J connectivity index is 4.14. The van der Waals surface area contributed by atoms with E-state index in [9.17, 15) is 14.4 Å². The van der Waals surface area contributed by atoms with Crippen molar-refractivity contribution in [3.8, 4) is 0 Å². The van der Waals surface area contributed by atoms with Gasteiger partial charge in [0, 0.05) is 19.3 Å².